The molecule has 3 rings (SSSR count). The Morgan fingerprint density at radius 2 is 1.85 bits per heavy atom. The fourth-order valence-electron chi connectivity index (χ4n) is 2.74. The molecule has 0 bridgehead atoms. The molecule has 3 aromatic rings. The minimum atomic E-state index is 0.654. The third kappa shape index (κ3) is 5.01. The Kier molecular flexibility index (Phi) is 6.33. The van der Waals surface area contributed by atoms with Crippen molar-refractivity contribution in [3.63, 3.8) is 0 Å². The highest BCUT2D eigenvalue weighted by molar-refractivity contribution is 5.53. The lowest BCUT2D eigenvalue weighted by Crippen LogP contribution is -2.19. The molecule has 0 aliphatic rings. The molecular weight excluding hydrogens is 338 g/mol. The first-order valence-corrected chi connectivity index (χ1v) is 8.96. The molecule has 0 saturated carbocycles. The number of para-hydroxylation sites is 1. The van der Waals surface area contributed by atoms with Crippen molar-refractivity contribution in [2.75, 3.05) is 32.6 Å². The minimum Gasteiger partial charge on any atom is -0.496 e. The van der Waals surface area contributed by atoms with Gasteiger partial charge in [0, 0.05) is 57.1 Å². The van der Waals surface area contributed by atoms with Crippen molar-refractivity contribution in [3.05, 3.63) is 66.0 Å². The molecule has 0 atom stereocenters. The van der Waals surface area contributed by atoms with Gasteiger partial charge in [-0.25, -0.2) is 9.97 Å². The molecule has 0 amide bonds. The van der Waals surface area contributed by atoms with Crippen LogP contribution in [0.2, 0.25) is 0 Å². The van der Waals surface area contributed by atoms with E-state index in [-0.39, 0.29) is 0 Å². The van der Waals surface area contributed by atoms with Crippen molar-refractivity contribution in [2.45, 2.75) is 13.0 Å². The Labute approximate surface area is 160 Å². The number of methoxy groups -OCH3 is 1. The van der Waals surface area contributed by atoms with Gasteiger partial charge in [-0.1, -0.05) is 24.3 Å². The largest absolute Gasteiger partial charge is 0.496 e. The third-order valence-corrected chi connectivity index (χ3v) is 4.18. The van der Waals surface area contributed by atoms with Crippen molar-refractivity contribution >= 4 is 5.82 Å². The van der Waals surface area contributed by atoms with E-state index in [1.807, 2.05) is 61.5 Å². The molecule has 0 saturated heterocycles. The van der Waals surface area contributed by atoms with E-state index in [2.05, 4.69) is 21.4 Å². The second-order valence-electron chi connectivity index (χ2n) is 6.39. The van der Waals surface area contributed by atoms with Gasteiger partial charge in [-0.2, -0.15) is 0 Å². The average molecular weight is 363 g/mol. The number of ether oxygens (including phenoxy) is 1. The molecule has 1 N–H and O–H groups in total. The smallest absolute Gasteiger partial charge is 0.180 e. The summed E-state index contributed by atoms with van der Waals surface area (Å²) in [5.41, 5.74) is 2.91. The molecule has 0 aliphatic carbocycles. The number of nitrogens with one attached hydrogen (secondary N) is 1. The van der Waals surface area contributed by atoms with E-state index in [0.29, 0.717) is 5.82 Å². The van der Waals surface area contributed by atoms with Gasteiger partial charge >= 0.3 is 0 Å². The van der Waals surface area contributed by atoms with Crippen LogP contribution in [-0.2, 0) is 13.0 Å². The first-order valence-electron chi connectivity index (χ1n) is 8.96. The summed E-state index contributed by atoms with van der Waals surface area (Å²) in [5.74, 6) is 2.44. The Morgan fingerprint density at radius 1 is 1.04 bits per heavy atom. The van der Waals surface area contributed by atoms with Crippen LogP contribution in [-0.4, -0.2) is 42.7 Å². The van der Waals surface area contributed by atoms with Crippen LogP contribution in [0.25, 0.3) is 11.5 Å². The minimum absolute atomic E-state index is 0.654. The van der Waals surface area contributed by atoms with Gasteiger partial charge in [-0.15, -0.1) is 0 Å². The number of nitrogens with zero attached hydrogens (tertiary/aromatic N) is 4. The number of hydrogen-bond donors (Lipinski definition) is 1. The van der Waals surface area contributed by atoms with Gasteiger partial charge in [-0.3, -0.25) is 4.98 Å². The molecule has 0 radical (unpaired) electrons. The highest BCUT2D eigenvalue weighted by Gasteiger charge is 2.09. The van der Waals surface area contributed by atoms with Crippen molar-refractivity contribution in [1.82, 2.24) is 20.3 Å². The molecule has 6 nitrogen and oxygen atoms in total. The maximum absolute atomic E-state index is 5.39. The van der Waals surface area contributed by atoms with E-state index in [4.69, 9.17) is 9.72 Å². The lowest BCUT2D eigenvalue weighted by atomic mass is 10.2. The van der Waals surface area contributed by atoms with Crippen LogP contribution in [0.3, 0.4) is 0 Å². The van der Waals surface area contributed by atoms with Gasteiger partial charge in [0.15, 0.2) is 5.82 Å². The molecule has 2 aromatic heterocycles. The summed E-state index contributed by atoms with van der Waals surface area (Å²) in [7, 11) is 5.66. The monoisotopic (exact) mass is 363 g/mol. The van der Waals surface area contributed by atoms with Gasteiger partial charge in [0.1, 0.15) is 17.3 Å². The van der Waals surface area contributed by atoms with Crippen molar-refractivity contribution in [1.29, 1.82) is 0 Å². The van der Waals surface area contributed by atoms with E-state index < -0.39 is 0 Å². The summed E-state index contributed by atoms with van der Waals surface area (Å²) in [6, 6.07) is 15.8. The second kappa shape index (κ2) is 9.09. The van der Waals surface area contributed by atoms with Crippen LogP contribution in [0.1, 0.15) is 11.3 Å². The quantitative estimate of drug-likeness (QED) is 0.621. The lowest BCUT2D eigenvalue weighted by molar-refractivity contribution is 0.408. The van der Waals surface area contributed by atoms with Crippen LogP contribution in [0.4, 0.5) is 5.82 Å². The van der Waals surface area contributed by atoms with E-state index >= 15 is 0 Å². The van der Waals surface area contributed by atoms with E-state index in [1.54, 1.807) is 13.3 Å². The SMILES string of the molecule is COc1ccccc1CNCCc1cc(N(C)C)nc(-c2ccccn2)n1. The fourth-order valence-corrected chi connectivity index (χ4v) is 2.74. The van der Waals surface area contributed by atoms with E-state index in [1.165, 1.54) is 0 Å². The molecule has 0 spiro atoms. The van der Waals surface area contributed by atoms with Crippen molar-refractivity contribution in [3.8, 4) is 17.3 Å². The first kappa shape index (κ1) is 18.8. The molecule has 140 valence electrons. The van der Waals surface area contributed by atoms with Crippen LogP contribution in [0.5, 0.6) is 5.75 Å². The Hall–Kier alpha value is -2.99. The number of benzene rings is 1. The Bertz CT molecular complexity index is 867. The Morgan fingerprint density at radius 3 is 2.59 bits per heavy atom. The average Bonchev–Trinajstić information content (AvgIpc) is 2.72. The van der Waals surface area contributed by atoms with Gasteiger partial charge < -0.3 is 15.0 Å². The molecule has 27 heavy (non-hydrogen) atoms. The predicted molar refractivity (Wildman–Crippen MR) is 108 cm³/mol. The van der Waals surface area contributed by atoms with Gasteiger partial charge in [0.2, 0.25) is 0 Å². The predicted octanol–water partition coefficient (Wildman–Crippen LogP) is 2.95. The topological polar surface area (TPSA) is 63.2 Å². The summed E-state index contributed by atoms with van der Waals surface area (Å²) in [6.45, 7) is 1.56. The highest BCUT2D eigenvalue weighted by atomic mass is 16.5. The molecule has 1 aromatic carbocycles. The summed E-state index contributed by atoms with van der Waals surface area (Å²) in [5, 5.41) is 3.46. The second-order valence-corrected chi connectivity index (χ2v) is 6.39. The number of rotatable bonds is 8. The number of hydrogen-bond acceptors (Lipinski definition) is 6. The van der Waals surface area contributed by atoms with Crippen molar-refractivity contribution in [2.24, 2.45) is 0 Å². The molecule has 2 heterocycles. The molecule has 6 heteroatoms. The number of aromatic nitrogens is 3. The molecule has 0 unspecified atom stereocenters. The number of anilines is 1. The van der Waals surface area contributed by atoms with Gasteiger partial charge in [0.05, 0.1) is 7.11 Å². The normalized spacial score (nSPS) is 10.6. The highest BCUT2D eigenvalue weighted by Crippen LogP contribution is 2.18. The zero-order chi connectivity index (χ0) is 19.1. The van der Waals surface area contributed by atoms with Gasteiger partial charge in [0.25, 0.3) is 0 Å². The maximum atomic E-state index is 5.39. The number of pyridine rings is 1. The van der Waals surface area contributed by atoms with Crippen LogP contribution >= 0.6 is 0 Å². The zero-order valence-electron chi connectivity index (χ0n) is 16.0. The maximum Gasteiger partial charge on any atom is 0.180 e. The van der Waals surface area contributed by atoms with Crippen molar-refractivity contribution < 1.29 is 4.74 Å². The fraction of sp³-hybridized carbons (Fsp3) is 0.286. The van der Waals surface area contributed by atoms with Crippen LogP contribution in [0, 0.1) is 0 Å². The summed E-state index contributed by atoms with van der Waals surface area (Å²) >= 11 is 0. The van der Waals surface area contributed by atoms with Gasteiger partial charge in [-0.05, 0) is 18.2 Å². The van der Waals surface area contributed by atoms with Crippen LogP contribution < -0.4 is 15.0 Å². The molecule has 0 fully saturated rings. The first-order chi connectivity index (χ1) is 13.2. The summed E-state index contributed by atoms with van der Waals surface area (Å²) < 4.78 is 5.39. The summed E-state index contributed by atoms with van der Waals surface area (Å²) in [4.78, 5) is 15.7. The van der Waals surface area contributed by atoms with E-state index in [0.717, 1.165) is 48.0 Å². The molecular formula is C21H25N5O. The standard InChI is InChI=1S/C21H25N5O/c1-26(2)20-14-17(24-21(25-20)18-9-6-7-12-23-18)11-13-22-15-16-8-4-5-10-19(16)27-3/h4-10,12,14,22H,11,13,15H2,1-3H3. The lowest BCUT2D eigenvalue weighted by Gasteiger charge is -2.14. The Balaban J connectivity index is 1.68. The third-order valence-electron chi connectivity index (χ3n) is 4.18. The summed E-state index contributed by atoms with van der Waals surface area (Å²) in [6.07, 6.45) is 2.56. The van der Waals surface area contributed by atoms with E-state index in [9.17, 15) is 0 Å². The zero-order valence-corrected chi connectivity index (χ0v) is 16.0. The van der Waals surface area contributed by atoms with Crippen LogP contribution in [0.15, 0.2) is 54.7 Å². The molecule has 0 aliphatic heterocycles.